The van der Waals surface area contributed by atoms with Gasteiger partial charge in [0.05, 0.1) is 22.3 Å². The Kier molecular flexibility index (Phi) is 6.89. The molecule has 168 valence electrons. The van der Waals surface area contributed by atoms with Gasteiger partial charge in [-0.2, -0.15) is 0 Å². The van der Waals surface area contributed by atoms with Gasteiger partial charge in [-0.15, -0.1) is 0 Å². The molecule has 0 spiro atoms. The van der Waals surface area contributed by atoms with Gasteiger partial charge in [0.1, 0.15) is 5.82 Å². The molecule has 0 aliphatic rings. The largest absolute Gasteiger partial charge is 0.335 e. The molecule has 4 rings (SSSR count). The highest BCUT2D eigenvalue weighted by molar-refractivity contribution is 7.99. The van der Waals surface area contributed by atoms with Gasteiger partial charge in [0, 0.05) is 12.6 Å². The number of aromatic nitrogens is 2. The SMILES string of the molecule is CC(C)N(Cc1ccccc1)C(=O)CSc1nc2ccccc2c(=O)n1-c1ccccc1F. The number of hydrogen-bond acceptors (Lipinski definition) is 4. The molecule has 0 aliphatic carbocycles. The van der Waals surface area contributed by atoms with Crippen molar-refractivity contribution < 1.29 is 9.18 Å². The van der Waals surface area contributed by atoms with Gasteiger partial charge in [-0.25, -0.2) is 9.37 Å². The quantitative estimate of drug-likeness (QED) is 0.285. The molecule has 33 heavy (non-hydrogen) atoms. The van der Waals surface area contributed by atoms with Crippen LogP contribution in [0.1, 0.15) is 19.4 Å². The summed E-state index contributed by atoms with van der Waals surface area (Å²) < 4.78 is 15.9. The van der Waals surface area contributed by atoms with Crippen molar-refractivity contribution in [1.82, 2.24) is 14.5 Å². The molecule has 7 heteroatoms. The second kappa shape index (κ2) is 10.0. The number of rotatable bonds is 7. The van der Waals surface area contributed by atoms with Crippen LogP contribution in [0.25, 0.3) is 16.6 Å². The number of amides is 1. The fourth-order valence-corrected chi connectivity index (χ4v) is 4.49. The zero-order valence-corrected chi connectivity index (χ0v) is 19.3. The van der Waals surface area contributed by atoms with Gasteiger partial charge < -0.3 is 4.90 Å². The van der Waals surface area contributed by atoms with Crippen LogP contribution in [0.4, 0.5) is 4.39 Å². The summed E-state index contributed by atoms with van der Waals surface area (Å²) in [6, 6.07) is 22.8. The second-order valence-electron chi connectivity index (χ2n) is 7.89. The van der Waals surface area contributed by atoms with E-state index < -0.39 is 5.82 Å². The van der Waals surface area contributed by atoms with E-state index in [2.05, 4.69) is 4.98 Å². The Labute approximate surface area is 195 Å². The normalized spacial score (nSPS) is 11.2. The Balaban J connectivity index is 1.68. The van der Waals surface area contributed by atoms with Crippen LogP contribution < -0.4 is 5.56 Å². The van der Waals surface area contributed by atoms with Crippen LogP contribution in [0.15, 0.2) is 88.8 Å². The standard InChI is InChI=1S/C26H24FN3O2S/c1-18(2)29(16-19-10-4-3-5-11-19)24(31)17-33-26-28-22-14-8-6-12-20(22)25(32)30(26)23-15-9-7-13-21(23)27/h3-15,18H,16-17H2,1-2H3. The summed E-state index contributed by atoms with van der Waals surface area (Å²) >= 11 is 1.14. The molecule has 4 aromatic rings. The average molecular weight is 462 g/mol. The Morgan fingerprint density at radius 3 is 2.39 bits per heavy atom. The second-order valence-corrected chi connectivity index (χ2v) is 8.84. The predicted octanol–water partition coefficient (Wildman–Crippen LogP) is 5.05. The van der Waals surface area contributed by atoms with E-state index in [0.29, 0.717) is 17.4 Å². The smallest absolute Gasteiger partial charge is 0.266 e. The molecule has 1 heterocycles. The van der Waals surface area contributed by atoms with Crippen LogP contribution in [0, 0.1) is 5.82 Å². The van der Waals surface area contributed by atoms with E-state index in [9.17, 15) is 14.0 Å². The third-order valence-corrected chi connectivity index (χ3v) is 6.23. The number of fused-ring (bicyclic) bond motifs is 1. The Morgan fingerprint density at radius 2 is 1.67 bits per heavy atom. The summed E-state index contributed by atoms with van der Waals surface area (Å²) in [5.41, 5.74) is 1.29. The molecule has 0 unspecified atom stereocenters. The summed E-state index contributed by atoms with van der Waals surface area (Å²) in [5, 5.41) is 0.671. The van der Waals surface area contributed by atoms with E-state index >= 15 is 0 Å². The third kappa shape index (κ3) is 4.98. The van der Waals surface area contributed by atoms with Crippen molar-refractivity contribution in [3.8, 4) is 5.69 Å². The number of benzene rings is 3. The van der Waals surface area contributed by atoms with Crippen molar-refractivity contribution >= 4 is 28.6 Å². The van der Waals surface area contributed by atoms with Gasteiger partial charge in [-0.05, 0) is 43.7 Å². The fourth-order valence-electron chi connectivity index (χ4n) is 3.60. The van der Waals surface area contributed by atoms with Crippen LogP contribution in [0.3, 0.4) is 0 Å². The van der Waals surface area contributed by atoms with Crippen LogP contribution >= 0.6 is 11.8 Å². The van der Waals surface area contributed by atoms with Gasteiger partial charge >= 0.3 is 0 Å². The Hall–Kier alpha value is -3.45. The van der Waals surface area contributed by atoms with E-state index in [1.54, 1.807) is 41.3 Å². The van der Waals surface area contributed by atoms with Crippen LogP contribution in [-0.2, 0) is 11.3 Å². The van der Waals surface area contributed by atoms with Crippen molar-refractivity contribution in [3.05, 3.63) is 101 Å². The summed E-state index contributed by atoms with van der Waals surface area (Å²) in [7, 11) is 0. The molecule has 0 bridgehead atoms. The average Bonchev–Trinajstić information content (AvgIpc) is 2.82. The lowest BCUT2D eigenvalue weighted by atomic mass is 10.2. The number of carbonyl (C=O) groups is 1. The van der Waals surface area contributed by atoms with Gasteiger partial charge in [-0.3, -0.25) is 14.2 Å². The van der Waals surface area contributed by atoms with Gasteiger partial charge in [0.15, 0.2) is 5.16 Å². The molecule has 1 aromatic heterocycles. The number of para-hydroxylation sites is 2. The third-order valence-electron chi connectivity index (χ3n) is 5.30. The predicted molar refractivity (Wildman–Crippen MR) is 130 cm³/mol. The van der Waals surface area contributed by atoms with Crippen molar-refractivity contribution in [2.45, 2.75) is 31.6 Å². The molecule has 0 saturated heterocycles. The lowest BCUT2D eigenvalue weighted by Gasteiger charge is -2.27. The monoisotopic (exact) mass is 461 g/mol. The molecule has 5 nitrogen and oxygen atoms in total. The molecular weight excluding hydrogens is 437 g/mol. The molecular formula is C26H24FN3O2S. The first-order valence-corrected chi connectivity index (χ1v) is 11.7. The van der Waals surface area contributed by atoms with Crippen LogP contribution in [-0.4, -0.2) is 32.2 Å². The number of carbonyl (C=O) groups excluding carboxylic acids is 1. The maximum absolute atomic E-state index is 14.6. The maximum Gasteiger partial charge on any atom is 0.266 e. The van der Waals surface area contributed by atoms with E-state index in [4.69, 9.17) is 0 Å². The highest BCUT2D eigenvalue weighted by atomic mass is 32.2. The molecule has 1 amide bonds. The highest BCUT2D eigenvalue weighted by Crippen LogP contribution is 2.23. The van der Waals surface area contributed by atoms with Crippen LogP contribution in [0.5, 0.6) is 0 Å². The van der Waals surface area contributed by atoms with Gasteiger partial charge in [0.2, 0.25) is 5.91 Å². The highest BCUT2D eigenvalue weighted by Gasteiger charge is 2.21. The van der Waals surface area contributed by atoms with E-state index in [0.717, 1.165) is 17.3 Å². The van der Waals surface area contributed by atoms with Gasteiger partial charge in [-0.1, -0.05) is 66.4 Å². The molecule has 0 N–H and O–H groups in total. The lowest BCUT2D eigenvalue weighted by molar-refractivity contribution is -0.130. The zero-order chi connectivity index (χ0) is 23.4. The number of thioether (sulfide) groups is 1. The number of hydrogen-bond donors (Lipinski definition) is 0. The first-order valence-electron chi connectivity index (χ1n) is 10.7. The first kappa shape index (κ1) is 22.7. The zero-order valence-electron chi connectivity index (χ0n) is 18.4. The Bertz CT molecular complexity index is 1340. The minimum atomic E-state index is -0.530. The summed E-state index contributed by atoms with van der Waals surface area (Å²) in [6.45, 7) is 4.42. The van der Waals surface area contributed by atoms with Gasteiger partial charge in [0.25, 0.3) is 5.56 Å². The van der Waals surface area contributed by atoms with E-state index in [1.165, 1.54) is 16.7 Å². The summed E-state index contributed by atoms with van der Waals surface area (Å²) in [4.78, 5) is 32.8. The minimum Gasteiger partial charge on any atom is -0.335 e. The summed E-state index contributed by atoms with van der Waals surface area (Å²) in [5.74, 6) is -0.538. The molecule has 3 aromatic carbocycles. The molecule has 0 atom stereocenters. The van der Waals surface area contributed by atoms with Crippen molar-refractivity contribution in [2.24, 2.45) is 0 Å². The topological polar surface area (TPSA) is 55.2 Å². The van der Waals surface area contributed by atoms with Crippen molar-refractivity contribution in [2.75, 3.05) is 5.75 Å². The molecule has 0 radical (unpaired) electrons. The molecule has 0 aliphatic heterocycles. The van der Waals surface area contributed by atoms with E-state index in [1.807, 2.05) is 44.2 Å². The number of halogens is 1. The van der Waals surface area contributed by atoms with Crippen molar-refractivity contribution in [1.29, 1.82) is 0 Å². The fraction of sp³-hybridized carbons (Fsp3) is 0.192. The Morgan fingerprint density at radius 1 is 1.00 bits per heavy atom. The van der Waals surface area contributed by atoms with E-state index in [-0.39, 0.29) is 34.1 Å². The molecule has 0 fully saturated rings. The van der Waals surface area contributed by atoms with Crippen LogP contribution in [0.2, 0.25) is 0 Å². The van der Waals surface area contributed by atoms with Crippen molar-refractivity contribution in [3.63, 3.8) is 0 Å². The maximum atomic E-state index is 14.6. The minimum absolute atomic E-state index is 0.00312. The lowest BCUT2D eigenvalue weighted by Crippen LogP contribution is -2.37. The summed E-state index contributed by atoms with van der Waals surface area (Å²) in [6.07, 6.45) is 0. The first-order chi connectivity index (χ1) is 16.0. The number of nitrogens with zero attached hydrogens (tertiary/aromatic N) is 3. The molecule has 0 saturated carbocycles.